The number of morpholine rings is 1. The molecule has 1 rings (SSSR count). The van der Waals surface area contributed by atoms with E-state index in [1.54, 1.807) is 0 Å². The van der Waals surface area contributed by atoms with Crippen molar-refractivity contribution in [3.63, 3.8) is 0 Å². The fourth-order valence-corrected chi connectivity index (χ4v) is 2.87. The quantitative estimate of drug-likeness (QED) is 0.669. The van der Waals surface area contributed by atoms with E-state index in [0.717, 1.165) is 0 Å². The Bertz CT molecular complexity index is 356. The van der Waals surface area contributed by atoms with Crippen LogP contribution < -0.4 is 4.72 Å². The second-order valence-electron chi connectivity index (χ2n) is 3.85. The Morgan fingerprint density at radius 3 is 2.88 bits per heavy atom. The number of aliphatic carboxylic acids is 1. The smallest absolute Gasteiger partial charge is 0.306 e. The number of nitrogens with zero attached hydrogens (tertiary/aromatic N) is 1. The van der Waals surface area contributed by atoms with Gasteiger partial charge in [-0.1, -0.05) is 6.92 Å². The van der Waals surface area contributed by atoms with E-state index in [0.29, 0.717) is 13.0 Å². The zero-order valence-corrected chi connectivity index (χ0v) is 10.6. The summed E-state index contributed by atoms with van der Waals surface area (Å²) in [5.74, 6) is -0.990. The van der Waals surface area contributed by atoms with Crippen molar-refractivity contribution in [1.82, 2.24) is 9.03 Å². The molecule has 1 unspecified atom stereocenters. The monoisotopic (exact) mass is 266 g/mol. The van der Waals surface area contributed by atoms with E-state index in [-0.39, 0.29) is 26.1 Å². The standard InChI is InChI=1S/C9H18N2O5S/c1-2-3-10-17(14,15)11-4-5-16-8(7-11)6-9(12)13/h8,10H,2-7H2,1H3,(H,12,13). The average Bonchev–Trinajstić information content (AvgIpc) is 2.26. The molecule has 1 aliphatic rings. The van der Waals surface area contributed by atoms with E-state index in [4.69, 9.17) is 9.84 Å². The summed E-state index contributed by atoms with van der Waals surface area (Å²) < 4.78 is 32.5. The lowest BCUT2D eigenvalue weighted by atomic mass is 10.2. The lowest BCUT2D eigenvalue weighted by Gasteiger charge is -2.31. The summed E-state index contributed by atoms with van der Waals surface area (Å²) in [4.78, 5) is 10.5. The molecule has 0 aliphatic carbocycles. The summed E-state index contributed by atoms with van der Waals surface area (Å²) in [5, 5.41) is 8.63. The minimum absolute atomic E-state index is 0.0886. The van der Waals surface area contributed by atoms with Gasteiger partial charge < -0.3 is 9.84 Å². The molecular formula is C9H18N2O5S. The summed E-state index contributed by atoms with van der Waals surface area (Å²) in [6, 6.07) is 0. The molecule has 1 aliphatic heterocycles. The molecule has 0 saturated carbocycles. The number of carboxylic acids is 1. The van der Waals surface area contributed by atoms with Gasteiger partial charge in [-0.25, -0.2) is 4.72 Å². The maximum absolute atomic E-state index is 11.8. The van der Waals surface area contributed by atoms with E-state index in [9.17, 15) is 13.2 Å². The Kier molecular flexibility index (Phi) is 5.31. The first kappa shape index (κ1) is 14.4. The lowest BCUT2D eigenvalue weighted by Crippen LogP contribution is -2.50. The number of ether oxygens (including phenoxy) is 1. The third kappa shape index (κ3) is 4.58. The number of rotatable bonds is 6. The van der Waals surface area contributed by atoms with Crippen LogP contribution >= 0.6 is 0 Å². The average molecular weight is 266 g/mol. The van der Waals surface area contributed by atoms with Gasteiger partial charge in [0.15, 0.2) is 0 Å². The maximum atomic E-state index is 11.8. The molecule has 100 valence electrons. The fraction of sp³-hybridized carbons (Fsp3) is 0.889. The molecule has 1 saturated heterocycles. The van der Waals surface area contributed by atoms with Gasteiger partial charge in [0.2, 0.25) is 0 Å². The predicted octanol–water partition coefficient (Wildman–Crippen LogP) is -0.594. The molecule has 0 aromatic rings. The summed E-state index contributed by atoms with van der Waals surface area (Å²) in [7, 11) is -3.50. The second kappa shape index (κ2) is 6.29. The zero-order chi connectivity index (χ0) is 12.9. The Balaban J connectivity index is 2.56. The summed E-state index contributed by atoms with van der Waals surface area (Å²) in [6.07, 6.45) is -0.0403. The van der Waals surface area contributed by atoms with Gasteiger partial charge in [-0.3, -0.25) is 4.79 Å². The van der Waals surface area contributed by atoms with Crippen molar-refractivity contribution in [2.45, 2.75) is 25.9 Å². The molecule has 8 heteroatoms. The lowest BCUT2D eigenvalue weighted by molar-refractivity contribution is -0.141. The van der Waals surface area contributed by atoms with Crippen molar-refractivity contribution in [3.05, 3.63) is 0 Å². The second-order valence-corrected chi connectivity index (χ2v) is 5.60. The highest BCUT2D eigenvalue weighted by Gasteiger charge is 2.30. The molecule has 0 aromatic heterocycles. The van der Waals surface area contributed by atoms with Gasteiger partial charge in [-0.15, -0.1) is 0 Å². The van der Waals surface area contributed by atoms with Gasteiger partial charge in [0.25, 0.3) is 10.2 Å². The number of carboxylic acid groups (broad SMARTS) is 1. The maximum Gasteiger partial charge on any atom is 0.306 e. The van der Waals surface area contributed by atoms with Crippen LogP contribution in [0.1, 0.15) is 19.8 Å². The number of hydrogen-bond acceptors (Lipinski definition) is 4. The molecule has 7 nitrogen and oxygen atoms in total. The molecule has 0 amide bonds. The molecule has 0 spiro atoms. The Hall–Kier alpha value is -0.700. The van der Waals surface area contributed by atoms with Crippen LogP contribution in [-0.4, -0.2) is 56.1 Å². The summed E-state index contributed by atoms with van der Waals surface area (Å²) in [5.41, 5.74) is 0. The highest BCUT2D eigenvalue weighted by atomic mass is 32.2. The zero-order valence-electron chi connectivity index (χ0n) is 9.76. The van der Waals surface area contributed by atoms with Gasteiger partial charge in [0.05, 0.1) is 19.1 Å². The summed E-state index contributed by atoms with van der Waals surface area (Å²) in [6.45, 7) is 2.82. The van der Waals surface area contributed by atoms with E-state index < -0.39 is 22.3 Å². The van der Waals surface area contributed by atoms with Crippen LogP contribution in [0, 0.1) is 0 Å². The molecule has 1 atom stereocenters. The first-order valence-corrected chi connectivity index (χ1v) is 6.98. The van der Waals surface area contributed by atoms with Crippen molar-refractivity contribution < 1.29 is 23.1 Å². The van der Waals surface area contributed by atoms with Crippen LogP contribution in [0.15, 0.2) is 0 Å². The molecule has 1 heterocycles. The topological polar surface area (TPSA) is 95.9 Å². The van der Waals surface area contributed by atoms with Gasteiger partial charge in [0.1, 0.15) is 0 Å². The van der Waals surface area contributed by atoms with Gasteiger partial charge in [0, 0.05) is 19.6 Å². The van der Waals surface area contributed by atoms with Crippen molar-refractivity contribution in [3.8, 4) is 0 Å². The van der Waals surface area contributed by atoms with Crippen LogP contribution in [-0.2, 0) is 19.7 Å². The highest BCUT2D eigenvalue weighted by molar-refractivity contribution is 7.87. The fourth-order valence-electron chi connectivity index (χ4n) is 1.55. The van der Waals surface area contributed by atoms with Crippen LogP contribution in [0.4, 0.5) is 0 Å². The van der Waals surface area contributed by atoms with Crippen molar-refractivity contribution in [1.29, 1.82) is 0 Å². The number of carbonyl (C=O) groups is 1. The molecule has 1 fully saturated rings. The van der Waals surface area contributed by atoms with E-state index in [1.807, 2.05) is 6.92 Å². The number of nitrogens with one attached hydrogen (secondary N) is 1. The molecular weight excluding hydrogens is 248 g/mol. The van der Waals surface area contributed by atoms with Crippen molar-refractivity contribution >= 4 is 16.2 Å². The molecule has 0 aromatic carbocycles. The van der Waals surface area contributed by atoms with E-state index in [2.05, 4.69) is 4.72 Å². The normalized spacial score (nSPS) is 22.5. The third-order valence-electron chi connectivity index (χ3n) is 2.38. The largest absolute Gasteiger partial charge is 0.481 e. The minimum atomic E-state index is -3.50. The first-order valence-electron chi connectivity index (χ1n) is 5.54. The Morgan fingerprint density at radius 2 is 2.29 bits per heavy atom. The highest BCUT2D eigenvalue weighted by Crippen LogP contribution is 2.11. The van der Waals surface area contributed by atoms with Crippen molar-refractivity contribution in [2.75, 3.05) is 26.2 Å². The minimum Gasteiger partial charge on any atom is -0.481 e. The van der Waals surface area contributed by atoms with Crippen LogP contribution in [0.3, 0.4) is 0 Å². The van der Waals surface area contributed by atoms with Gasteiger partial charge in [-0.05, 0) is 6.42 Å². The molecule has 2 N–H and O–H groups in total. The van der Waals surface area contributed by atoms with E-state index >= 15 is 0 Å². The van der Waals surface area contributed by atoms with Crippen LogP contribution in [0.25, 0.3) is 0 Å². The Morgan fingerprint density at radius 1 is 1.59 bits per heavy atom. The van der Waals surface area contributed by atoms with Gasteiger partial charge in [-0.2, -0.15) is 12.7 Å². The molecule has 0 bridgehead atoms. The van der Waals surface area contributed by atoms with Crippen LogP contribution in [0.5, 0.6) is 0 Å². The van der Waals surface area contributed by atoms with Gasteiger partial charge >= 0.3 is 5.97 Å². The first-order chi connectivity index (χ1) is 7.95. The van der Waals surface area contributed by atoms with Crippen LogP contribution in [0.2, 0.25) is 0 Å². The van der Waals surface area contributed by atoms with Crippen molar-refractivity contribution in [2.24, 2.45) is 0 Å². The van der Waals surface area contributed by atoms with E-state index in [1.165, 1.54) is 4.31 Å². The third-order valence-corrected chi connectivity index (χ3v) is 3.96. The summed E-state index contributed by atoms with van der Waals surface area (Å²) >= 11 is 0. The number of hydrogen-bond donors (Lipinski definition) is 2. The molecule has 17 heavy (non-hydrogen) atoms. The molecule has 0 radical (unpaired) electrons. The predicted molar refractivity (Wildman–Crippen MR) is 60.8 cm³/mol. The Labute approximate surface area is 101 Å². The SMILES string of the molecule is CCCNS(=O)(=O)N1CCOC(CC(=O)O)C1.